The van der Waals surface area contributed by atoms with Gasteiger partial charge in [-0.05, 0) is 62.8 Å². The molecule has 0 amide bonds. The molecule has 3 aromatic carbocycles. The first-order valence-electron chi connectivity index (χ1n) is 14.7. The highest BCUT2D eigenvalue weighted by Gasteiger charge is 2.47. The van der Waals surface area contributed by atoms with Gasteiger partial charge in [-0.1, -0.05) is 37.3 Å². The maximum atomic E-state index is 13.9. The summed E-state index contributed by atoms with van der Waals surface area (Å²) in [6.07, 6.45) is 2.80. The molecule has 2 N–H and O–H groups in total. The highest BCUT2D eigenvalue weighted by atomic mass is 32.2. The Bertz CT molecular complexity index is 2060. The summed E-state index contributed by atoms with van der Waals surface area (Å²) < 4.78 is 36.7. The van der Waals surface area contributed by atoms with E-state index in [0.717, 1.165) is 15.4 Å². The van der Waals surface area contributed by atoms with Crippen LogP contribution in [-0.4, -0.2) is 87.5 Å². The minimum atomic E-state index is -4.23. The smallest absolute Gasteiger partial charge is 0.323 e. The van der Waals surface area contributed by atoms with Crippen LogP contribution in [0.4, 0.5) is 0 Å². The average Bonchev–Trinajstić information content (AvgIpc) is 3.65. The molecule has 1 saturated heterocycles. The Morgan fingerprint density at radius 1 is 1.11 bits per heavy atom. The molecule has 0 radical (unpaired) electrons. The maximum Gasteiger partial charge on any atom is 0.323 e. The van der Waals surface area contributed by atoms with Gasteiger partial charge in [0.05, 0.1) is 45.3 Å². The Hall–Kier alpha value is -4.59. The van der Waals surface area contributed by atoms with Gasteiger partial charge in [-0.25, -0.2) is 18.4 Å². The molecule has 12 nitrogen and oxygen atoms in total. The van der Waals surface area contributed by atoms with Crippen molar-refractivity contribution in [1.29, 1.82) is 0 Å². The van der Waals surface area contributed by atoms with Gasteiger partial charge in [0.1, 0.15) is 17.6 Å². The molecule has 1 fully saturated rings. The fourth-order valence-corrected chi connectivity index (χ4v) is 7.55. The molecular weight excluding hydrogens is 596 g/mol. The minimum Gasteiger partial charge on any atom is -0.493 e. The lowest BCUT2D eigenvalue weighted by atomic mass is 10.1. The van der Waals surface area contributed by atoms with Crippen LogP contribution in [0.1, 0.15) is 25.3 Å². The third-order valence-corrected chi connectivity index (χ3v) is 10.0. The largest absolute Gasteiger partial charge is 0.493 e. The number of aromatic nitrogens is 4. The van der Waals surface area contributed by atoms with Gasteiger partial charge in [0.25, 0.3) is 5.56 Å². The van der Waals surface area contributed by atoms with Gasteiger partial charge in [0.2, 0.25) is 10.0 Å². The lowest BCUT2D eigenvalue weighted by Crippen LogP contribution is -2.49. The zero-order valence-corrected chi connectivity index (χ0v) is 26.0. The Morgan fingerprint density at radius 2 is 1.89 bits per heavy atom. The standard InChI is InChI=1S/C32H34N6O6S/c1-4-14-44-28-11-10-21(45(42,43)38-13-12-26(36(2)3)29(38)32(40)41)15-23(28)30-34-24-17-25-27(16-22(24)31(39)35-30)37(19-33-25)18-20-8-6-5-7-9-20/h5-11,15-17,19,26,29H,4,12-14,18H2,1-3H3,(H,40,41)(H,34,35,39)/t26?,29-/m0/s1. The number of nitrogens with one attached hydrogen (secondary N) is 1. The fraction of sp³-hybridized carbons (Fsp3) is 0.312. The number of aliphatic carboxylic acids is 1. The molecule has 13 heteroatoms. The van der Waals surface area contributed by atoms with Crippen molar-refractivity contribution in [2.75, 3.05) is 27.2 Å². The first-order valence-corrected chi connectivity index (χ1v) is 16.1. The minimum absolute atomic E-state index is 0.0591. The van der Waals surface area contributed by atoms with Gasteiger partial charge in [-0.2, -0.15) is 4.31 Å². The quantitative estimate of drug-likeness (QED) is 0.236. The molecule has 0 bridgehead atoms. The van der Waals surface area contributed by atoms with Gasteiger partial charge in [-0.15, -0.1) is 0 Å². The van der Waals surface area contributed by atoms with E-state index < -0.39 is 33.6 Å². The Morgan fingerprint density at radius 3 is 2.60 bits per heavy atom. The maximum absolute atomic E-state index is 13.9. The lowest BCUT2D eigenvalue weighted by Gasteiger charge is -2.27. The van der Waals surface area contributed by atoms with Crippen molar-refractivity contribution >= 4 is 37.9 Å². The zero-order chi connectivity index (χ0) is 31.9. The number of likely N-dealkylation sites (N-methyl/N-ethyl adjacent to an activating group) is 1. The van der Waals surface area contributed by atoms with Gasteiger partial charge in [0.15, 0.2) is 0 Å². The first-order chi connectivity index (χ1) is 21.6. The van der Waals surface area contributed by atoms with Crippen LogP contribution < -0.4 is 10.3 Å². The summed E-state index contributed by atoms with van der Waals surface area (Å²) >= 11 is 0. The third-order valence-electron chi connectivity index (χ3n) is 8.15. The predicted octanol–water partition coefficient (Wildman–Crippen LogP) is 3.55. The van der Waals surface area contributed by atoms with Crippen LogP contribution in [0, 0.1) is 0 Å². The second-order valence-electron chi connectivity index (χ2n) is 11.4. The monoisotopic (exact) mass is 630 g/mol. The summed E-state index contributed by atoms with van der Waals surface area (Å²) in [4.78, 5) is 39.4. The SMILES string of the molecule is CCCOc1ccc(S(=O)(=O)N2CCC(N(C)C)[C@H]2C(=O)O)cc1-c1nc2cc3ncn(Cc4ccccc4)c3cc2c(=O)[nH]1. The summed E-state index contributed by atoms with van der Waals surface area (Å²) in [6, 6.07) is 16.0. The number of rotatable bonds is 10. The number of carboxylic acids is 1. The van der Waals surface area contributed by atoms with E-state index in [9.17, 15) is 23.1 Å². The van der Waals surface area contributed by atoms with Crippen molar-refractivity contribution in [3.8, 4) is 17.1 Å². The number of H-pyrrole nitrogens is 1. The number of carboxylic acid groups (broad SMARTS) is 1. The Balaban J connectivity index is 1.43. The topological polar surface area (TPSA) is 151 Å². The molecular formula is C32H34N6O6S. The molecule has 0 saturated carbocycles. The average molecular weight is 631 g/mol. The van der Waals surface area contributed by atoms with Crippen molar-refractivity contribution in [3.63, 3.8) is 0 Å². The van der Waals surface area contributed by atoms with Crippen molar-refractivity contribution in [2.45, 2.75) is 43.3 Å². The molecule has 1 unspecified atom stereocenters. The molecule has 1 aliphatic rings. The number of carbonyl (C=O) groups is 1. The molecule has 5 aromatic rings. The number of benzene rings is 3. The molecule has 234 valence electrons. The number of fused-ring (bicyclic) bond motifs is 2. The predicted molar refractivity (Wildman–Crippen MR) is 170 cm³/mol. The number of ether oxygens (including phenoxy) is 1. The molecule has 6 rings (SSSR count). The summed E-state index contributed by atoms with van der Waals surface area (Å²) in [6.45, 7) is 2.94. The van der Waals surface area contributed by atoms with E-state index in [1.807, 2.05) is 41.8 Å². The molecule has 0 spiro atoms. The van der Waals surface area contributed by atoms with E-state index in [0.29, 0.717) is 48.2 Å². The first kappa shape index (κ1) is 30.4. The van der Waals surface area contributed by atoms with Crippen LogP contribution in [0.15, 0.2) is 76.7 Å². The normalized spacial score (nSPS) is 17.4. The summed E-state index contributed by atoms with van der Waals surface area (Å²) in [5.74, 6) is -0.745. The molecule has 0 aliphatic carbocycles. The second kappa shape index (κ2) is 12.1. The number of aromatic amines is 1. The van der Waals surface area contributed by atoms with E-state index in [2.05, 4.69) is 9.97 Å². The van der Waals surface area contributed by atoms with E-state index in [1.165, 1.54) is 18.2 Å². The van der Waals surface area contributed by atoms with Crippen LogP contribution in [0.3, 0.4) is 0 Å². The summed E-state index contributed by atoms with van der Waals surface area (Å²) in [5, 5.41) is 10.3. The number of imidazole rings is 1. The van der Waals surface area contributed by atoms with Gasteiger partial charge >= 0.3 is 5.97 Å². The highest BCUT2D eigenvalue weighted by Crippen LogP contribution is 2.35. The molecule has 2 aromatic heterocycles. The second-order valence-corrected chi connectivity index (χ2v) is 13.2. The van der Waals surface area contributed by atoms with E-state index in [-0.39, 0.29) is 22.8 Å². The number of hydrogen-bond donors (Lipinski definition) is 2. The fourth-order valence-electron chi connectivity index (χ4n) is 5.90. The Labute approximate surface area is 260 Å². The van der Waals surface area contributed by atoms with Gasteiger partial charge in [0, 0.05) is 19.1 Å². The third kappa shape index (κ3) is 5.70. The summed E-state index contributed by atoms with van der Waals surface area (Å²) in [7, 11) is -0.766. The molecule has 3 heterocycles. The molecule has 45 heavy (non-hydrogen) atoms. The summed E-state index contributed by atoms with van der Waals surface area (Å²) in [5.41, 5.74) is 2.79. The van der Waals surface area contributed by atoms with E-state index in [4.69, 9.17) is 9.72 Å². The molecule has 1 aliphatic heterocycles. The van der Waals surface area contributed by atoms with Crippen LogP contribution in [-0.2, 0) is 21.4 Å². The molecule has 2 atom stereocenters. The van der Waals surface area contributed by atoms with Crippen LogP contribution in [0.25, 0.3) is 33.3 Å². The number of nitrogens with zero attached hydrogens (tertiary/aromatic N) is 5. The highest BCUT2D eigenvalue weighted by molar-refractivity contribution is 7.89. The van der Waals surface area contributed by atoms with Gasteiger partial charge in [-0.3, -0.25) is 9.59 Å². The van der Waals surface area contributed by atoms with Crippen LogP contribution in [0.5, 0.6) is 5.75 Å². The number of hydrogen-bond acceptors (Lipinski definition) is 8. The van der Waals surface area contributed by atoms with Crippen molar-refractivity contribution in [3.05, 3.63) is 82.9 Å². The van der Waals surface area contributed by atoms with Gasteiger partial charge < -0.3 is 24.3 Å². The lowest BCUT2D eigenvalue weighted by molar-refractivity contribution is -0.142. The zero-order valence-electron chi connectivity index (χ0n) is 25.2. The van der Waals surface area contributed by atoms with Crippen molar-refractivity contribution in [1.82, 2.24) is 28.7 Å². The van der Waals surface area contributed by atoms with E-state index >= 15 is 0 Å². The van der Waals surface area contributed by atoms with Crippen LogP contribution >= 0.6 is 0 Å². The van der Waals surface area contributed by atoms with Crippen LogP contribution in [0.2, 0.25) is 0 Å². The number of sulfonamides is 1. The van der Waals surface area contributed by atoms with Crippen molar-refractivity contribution in [2.24, 2.45) is 0 Å². The van der Waals surface area contributed by atoms with E-state index in [1.54, 1.807) is 37.5 Å². The Kier molecular flexibility index (Phi) is 8.16. The van der Waals surface area contributed by atoms with Crippen molar-refractivity contribution < 1.29 is 23.1 Å².